The second kappa shape index (κ2) is 7.04. The number of halogens is 2. The average molecular weight is 321 g/mol. The summed E-state index contributed by atoms with van der Waals surface area (Å²) in [6, 6.07) is 10.6. The minimum absolute atomic E-state index is 0.342. The van der Waals surface area contributed by atoms with E-state index < -0.39 is 30.2 Å². The van der Waals surface area contributed by atoms with E-state index >= 15 is 0 Å². The Balaban J connectivity index is 2.19. The summed E-state index contributed by atoms with van der Waals surface area (Å²) >= 11 is 5.75. The fourth-order valence-corrected chi connectivity index (χ4v) is 2.08. The van der Waals surface area contributed by atoms with Gasteiger partial charge in [-0.3, -0.25) is 4.79 Å². The molecule has 1 amide bonds. The van der Waals surface area contributed by atoms with Crippen molar-refractivity contribution in [1.82, 2.24) is 5.32 Å². The third-order valence-corrected chi connectivity index (χ3v) is 3.31. The average Bonchev–Trinajstić information content (AvgIpc) is 2.47. The van der Waals surface area contributed by atoms with Crippen LogP contribution in [0, 0.1) is 5.82 Å². The molecule has 0 radical (unpaired) electrons. The molecule has 0 bridgehead atoms. The zero-order valence-corrected chi connectivity index (χ0v) is 12.1. The molecule has 0 aliphatic carbocycles. The van der Waals surface area contributed by atoms with Crippen LogP contribution in [0.25, 0.3) is 0 Å². The number of hydrogen-bond donors (Lipinski definition) is 1. The molecule has 2 rings (SSSR count). The summed E-state index contributed by atoms with van der Waals surface area (Å²) in [5.41, 5.74) is 0.822. The number of carbonyl (C=O) groups excluding carboxylic acids is 2. The van der Waals surface area contributed by atoms with Crippen molar-refractivity contribution >= 4 is 23.5 Å². The van der Waals surface area contributed by atoms with Crippen molar-refractivity contribution in [3.63, 3.8) is 0 Å². The lowest BCUT2D eigenvalue weighted by Crippen LogP contribution is -2.34. The molecule has 114 valence electrons. The van der Waals surface area contributed by atoms with Gasteiger partial charge >= 0.3 is 0 Å². The molecule has 0 aliphatic heterocycles. The van der Waals surface area contributed by atoms with Gasteiger partial charge in [-0.2, -0.15) is 0 Å². The van der Waals surface area contributed by atoms with Gasteiger partial charge < -0.3 is 15.2 Å². The Hall–Kier alpha value is -2.40. The van der Waals surface area contributed by atoms with Crippen molar-refractivity contribution < 1.29 is 19.1 Å². The van der Waals surface area contributed by atoms with Crippen molar-refractivity contribution in [2.75, 3.05) is 0 Å². The highest BCUT2D eigenvalue weighted by Crippen LogP contribution is 2.18. The number of carbonyl (C=O) groups is 2. The van der Waals surface area contributed by atoms with Crippen LogP contribution in [0.3, 0.4) is 0 Å². The highest BCUT2D eigenvalue weighted by Gasteiger charge is 2.16. The van der Waals surface area contributed by atoms with Crippen molar-refractivity contribution in [2.24, 2.45) is 0 Å². The van der Waals surface area contributed by atoms with E-state index in [0.29, 0.717) is 16.1 Å². The van der Waals surface area contributed by atoms with Crippen molar-refractivity contribution in [3.8, 4) is 0 Å². The van der Waals surface area contributed by atoms with E-state index in [-0.39, 0.29) is 0 Å². The maximum Gasteiger partial charge on any atom is 0.251 e. The molecule has 4 nitrogen and oxygen atoms in total. The number of hydrogen-bond acceptors (Lipinski definition) is 3. The summed E-state index contributed by atoms with van der Waals surface area (Å²) < 4.78 is 12.9. The predicted octanol–water partition coefficient (Wildman–Crippen LogP) is 2.09. The monoisotopic (exact) mass is 320 g/mol. The maximum atomic E-state index is 12.9. The fraction of sp³-hybridized carbons (Fsp3) is 0.125. The van der Waals surface area contributed by atoms with Crippen LogP contribution in [0.4, 0.5) is 4.39 Å². The largest absolute Gasteiger partial charge is 0.550 e. The summed E-state index contributed by atoms with van der Waals surface area (Å²) in [6.45, 7) is 0. The van der Waals surface area contributed by atoms with Crippen LogP contribution in [-0.4, -0.2) is 11.9 Å². The maximum absolute atomic E-state index is 12.9. The molecule has 1 atom stereocenters. The predicted molar refractivity (Wildman–Crippen MR) is 77.7 cm³/mol. The molecule has 22 heavy (non-hydrogen) atoms. The van der Waals surface area contributed by atoms with Gasteiger partial charge in [-0.15, -0.1) is 0 Å². The van der Waals surface area contributed by atoms with Crippen LogP contribution in [0.15, 0.2) is 48.5 Å². The van der Waals surface area contributed by atoms with E-state index in [1.165, 1.54) is 36.4 Å². The molecular weight excluding hydrogens is 309 g/mol. The van der Waals surface area contributed by atoms with E-state index in [9.17, 15) is 19.1 Å². The zero-order valence-electron chi connectivity index (χ0n) is 11.4. The first-order chi connectivity index (χ1) is 10.5. The highest BCUT2D eigenvalue weighted by molar-refractivity contribution is 6.30. The molecular formula is C16H12ClFNO3-. The normalized spacial score (nSPS) is 11.7. The van der Waals surface area contributed by atoms with E-state index in [1.807, 2.05) is 0 Å². The molecule has 2 aromatic rings. The van der Waals surface area contributed by atoms with Gasteiger partial charge in [-0.05, 0) is 42.0 Å². The van der Waals surface area contributed by atoms with Crippen molar-refractivity contribution in [2.45, 2.75) is 12.5 Å². The van der Waals surface area contributed by atoms with Crippen LogP contribution in [0.2, 0.25) is 5.02 Å². The topological polar surface area (TPSA) is 69.2 Å². The van der Waals surface area contributed by atoms with Gasteiger partial charge in [0, 0.05) is 23.0 Å². The molecule has 0 aliphatic rings. The lowest BCUT2D eigenvalue weighted by molar-refractivity contribution is -0.306. The molecule has 2 aromatic carbocycles. The molecule has 0 unspecified atom stereocenters. The minimum atomic E-state index is -1.31. The second-order valence-electron chi connectivity index (χ2n) is 4.66. The van der Waals surface area contributed by atoms with Crippen LogP contribution < -0.4 is 10.4 Å². The van der Waals surface area contributed by atoms with Gasteiger partial charge in [0.2, 0.25) is 0 Å². The van der Waals surface area contributed by atoms with Gasteiger partial charge in [0.1, 0.15) is 5.82 Å². The summed E-state index contributed by atoms with van der Waals surface area (Å²) in [6.07, 6.45) is -0.412. The Morgan fingerprint density at radius 2 is 1.68 bits per heavy atom. The first kappa shape index (κ1) is 16.0. The Labute approximate surface area is 131 Å². The first-order valence-electron chi connectivity index (χ1n) is 6.47. The number of amides is 1. The standard InChI is InChI=1S/C16H13ClFNO3/c17-12-5-1-11(2-6-12)16(22)19-14(9-15(20)21)10-3-7-13(18)8-4-10/h1-8,14H,9H2,(H,19,22)(H,20,21)/p-1/t14-/m1/s1. The second-order valence-corrected chi connectivity index (χ2v) is 5.10. The van der Waals surface area contributed by atoms with Crippen LogP contribution in [-0.2, 0) is 4.79 Å². The molecule has 0 saturated carbocycles. The number of benzene rings is 2. The molecule has 0 fully saturated rings. The van der Waals surface area contributed by atoms with Crippen LogP contribution in [0.1, 0.15) is 28.4 Å². The molecule has 0 heterocycles. The number of rotatable bonds is 5. The zero-order chi connectivity index (χ0) is 16.1. The number of aliphatic carboxylic acids is 1. The smallest absolute Gasteiger partial charge is 0.251 e. The Kier molecular flexibility index (Phi) is 5.12. The minimum Gasteiger partial charge on any atom is -0.550 e. The third-order valence-electron chi connectivity index (χ3n) is 3.05. The highest BCUT2D eigenvalue weighted by atomic mass is 35.5. The van der Waals surface area contributed by atoms with Gasteiger partial charge in [-0.1, -0.05) is 23.7 Å². The SMILES string of the molecule is O=C([O-])C[C@@H](NC(=O)c1ccc(Cl)cc1)c1ccc(F)cc1. The van der Waals surface area contributed by atoms with E-state index in [0.717, 1.165) is 0 Å². The molecule has 0 aromatic heterocycles. The number of nitrogens with one attached hydrogen (secondary N) is 1. The van der Waals surface area contributed by atoms with Crippen LogP contribution in [0.5, 0.6) is 0 Å². The Morgan fingerprint density at radius 1 is 1.09 bits per heavy atom. The lowest BCUT2D eigenvalue weighted by atomic mass is 10.0. The number of carboxylic acid groups (broad SMARTS) is 1. The van der Waals surface area contributed by atoms with Gasteiger partial charge in [-0.25, -0.2) is 4.39 Å². The van der Waals surface area contributed by atoms with Crippen molar-refractivity contribution in [3.05, 3.63) is 70.5 Å². The van der Waals surface area contributed by atoms with E-state index in [2.05, 4.69) is 5.32 Å². The molecule has 0 spiro atoms. The van der Waals surface area contributed by atoms with Gasteiger partial charge in [0.05, 0.1) is 6.04 Å². The third kappa shape index (κ3) is 4.30. The quantitative estimate of drug-likeness (QED) is 0.917. The molecule has 1 N–H and O–H groups in total. The lowest BCUT2D eigenvalue weighted by Gasteiger charge is -2.20. The van der Waals surface area contributed by atoms with Gasteiger partial charge in [0.15, 0.2) is 0 Å². The van der Waals surface area contributed by atoms with E-state index in [1.54, 1.807) is 12.1 Å². The molecule has 0 saturated heterocycles. The van der Waals surface area contributed by atoms with Gasteiger partial charge in [0.25, 0.3) is 5.91 Å². The Morgan fingerprint density at radius 3 is 2.23 bits per heavy atom. The molecule has 6 heteroatoms. The van der Waals surface area contributed by atoms with Crippen molar-refractivity contribution in [1.29, 1.82) is 0 Å². The van der Waals surface area contributed by atoms with Crippen LogP contribution >= 0.6 is 11.6 Å². The summed E-state index contributed by atoms with van der Waals surface area (Å²) in [4.78, 5) is 23.0. The summed E-state index contributed by atoms with van der Waals surface area (Å²) in [5, 5.41) is 13.9. The number of carboxylic acids is 1. The van der Waals surface area contributed by atoms with E-state index in [4.69, 9.17) is 11.6 Å². The summed E-state index contributed by atoms with van der Waals surface area (Å²) in [7, 11) is 0. The summed E-state index contributed by atoms with van der Waals surface area (Å²) in [5.74, 6) is -2.21. The fourth-order valence-electron chi connectivity index (χ4n) is 1.96. The first-order valence-corrected chi connectivity index (χ1v) is 6.85. The Bertz CT molecular complexity index is 671.